The molecule has 0 bridgehead atoms. The predicted octanol–water partition coefficient (Wildman–Crippen LogP) is 5.54. The number of nitrogens with zero attached hydrogens (tertiary/aromatic N) is 6. The van der Waals surface area contributed by atoms with E-state index in [2.05, 4.69) is 19.9 Å². The third-order valence-electron chi connectivity index (χ3n) is 7.94. The zero-order valence-corrected chi connectivity index (χ0v) is 29.4. The van der Waals surface area contributed by atoms with E-state index in [9.17, 15) is 24.3 Å². The molecule has 250 valence electrons. The summed E-state index contributed by atoms with van der Waals surface area (Å²) in [6.07, 6.45) is 7.13. The molecular weight excluding hydrogens is 665 g/mol. The lowest BCUT2D eigenvalue weighted by atomic mass is 9.98. The van der Waals surface area contributed by atoms with Gasteiger partial charge >= 0.3 is 11.9 Å². The molecule has 0 saturated carbocycles. The number of esters is 1. The van der Waals surface area contributed by atoms with Gasteiger partial charge in [0.25, 0.3) is 11.1 Å². The van der Waals surface area contributed by atoms with Crippen molar-refractivity contribution in [1.82, 2.24) is 29.1 Å². The predicted molar refractivity (Wildman–Crippen MR) is 192 cm³/mol. The highest BCUT2D eigenvalue weighted by molar-refractivity contribution is 7.98. The number of methoxy groups -OCH3 is 1. The number of aryl methyl sites for hydroxylation is 4. The molecule has 6 aromatic rings. The molecule has 0 unspecified atom stereocenters. The van der Waals surface area contributed by atoms with Crippen molar-refractivity contribution in [2.24, 2.45) is 14.1 Å². The number of ether oxygens (including phenoxy) is 1. The summed E-state index contributed by atoms with van der Waals surface area (Å²) in [5, 5.41) is 11.9. The molecule has 0 aliphatic rings. The van der Waals surface area contributed by atoms with Gasteiger partial charge in [0.2, 0.25) is 0 Å². The van der Waals surface area contributed by atoms with E-state index in [1.165, 1.54) is 51.9 Å². The van der Waals surface area contributed by atoms with Crippen LogP contribution in [0, 0.1) is 13.8 Å². The fourth-order valence-electron chi connectivity index (χ4n) is 5.25. The van der Waals surface area contributed by atoms with Gasteiger partial charge in [0, 0.05) is 48.4 Å². The summed E-state index contributed by atoms with van der Waals surface area (Å²) in [7, 11) is 4.67. The van der Waals surface area contributed by atoms with E-state index in [4.69, 9.17) is 4.74 Å². The Balaban J connectivity index is 0.000000191. The molecule has 4 aromatic heterocycles. The molecule has 12 nitrogen and oxygen atoms in total. The van der Waals surface area contributed by atoms with Crippen LogP contribution in [0.25, 0.3) is 44.3 Å². The van der Waals surface area contributed by atoms with Gasteiger partial charge in [-0.1, -0.05) is 35.7 Å². The lowest BCUT2D eigenvalue weighted by molar-refractivity contribution is 0.0600. The van der Waals surface area contributed by atoms with Gasteiger partial charge in [-0.2, -0.15) is 0 Å². The van der Waals surface area contributed by atoms with Crippen molar-refractivity contribution in [3.63, 3.8) is 0 Å². The lowest BCUT2D eigenvalue weighted by Gasteiger charge is -2.11. The summed E-state index contributed by atoms with van der Waals surface area (Å²) in [5.41, 5.74) is 5.23. The van der Waals surface area contributed by atoms with E-state index in [1.54, 1.807) is 62.9 Å². The van der Waals surface area contributed by atoms with Crippen molar-refractivity contribution in [2.45, 2.75) is 24.2 Å². The maximum atomic E-state index is 12.9. The second-order valence-corrected chi connectivity index (χ2v) is 12.5. The van der Waals surface area contributed by atoms with Crippen LogP contribution in [0.1, 0.15) is 31.8 Å². The van der Waals surface area contributed by atoms with Crippen molar-refractivity contribution in [3.8, 4) is 22.3 Å². The van der Waals surface area contributed by atoms with Gasteiger partial charge in [0.1, 0.15) is 11.3 Å². The summed E-state index contributed by atoms with van der Waals surface area (Å²) in [4.78, 5) is 66.0. The summed E-state index contributed by atoms with van der Waals surface area (Å²) in [6.45, 7) is 3.74. The number of fused-ring (bicyclic) bond motifs is 2. The number of rotatable bonds is 6. The molecule has 0 radical (unpaired) electrons. The minimum Gasteiger partial charge on any atom is -0.478 e. The molecule has 0 spiro atoms. The van der Waals surface area contributed by atoms with Crippen LogP contribution < -0.4 is 11.1 Å². The Morgan fingerprint density at radius 1 is 0.694 bits per heavy atom. The average Bonchev–Trinajstić information content (AvgIpc) is 3.11. The first-order valence-electron chi connectivity index (χ1n) is 14.7. The van der Waals surface area contributed by atoms with Crippen LogP contribution in [-0.2, 0) is 18.8 Å². The maximum absolute atomic E-state index is 12.9. The molecule has 0 fully saturated rings. The smallest absolute Gasteiger partial charge is 0.337 e. The van der Waals surface area contributed by atoms with Gasteiger partial charge in [-0.15, -0.1) is 0 Å². The highest BCUT2D eigenvalue weighted by Crippen LogP contribution is 2.27. The Kier molecular flexibility index (Phi) is 10.3. The first-order valence-corrected chi connectivity index (χ1v) is 17.2. The third kappa shape index (κ3) is 6.96. The van der Waals surface area contributed by atoms with Crippen molar-refractivity contribution in [1.29, 1.82) is 0 Å². The van der Waals surface area contributed by atoms with Gasteiger partial charge in [-0.3, -0.25) is 18.7 Å². The van der Waals surface area contributed by atoms with Crippen molar-refractivity contribution in [2.75, 3.05) is 19.6 Å². The molecular formula is C35H32N6O6S2. The van der Waals surface area contributed by atoms with E-state index < -0.39 is 11.9 Å². The second-order valence-electron chi connectivity index (χ2n) is 11.0. The number of hydrogen-bond acceptors (Lipinski definition) is 11. The zero-order valence-electron chi connectivity index (χ0n) is 27.8. The number of hydrogen-bond donors (Lipinski definition) is 1. The van der Waals surface area contributed by atoms with E-state index in [0.717, 1.165) is 21.9 Å². The zero-order chi connectivity index (χ0) is 35.6. The van der Waals surface area contributed by atoms with Crippen LogP contribution in [0.4, 0.5) is 0 Å². The van der Waals surface area contributed by atoms with Gasteiger partial charge in [-0.05, 0) is 85.0 Å². The van der Waals surface area contributed by atoms with Crippen LogP contribution in [0.2, 0.25) is 0 Å². The topological polar surface area (TPSA) is 159 Å². The molecule has 0 amide bonds. The number of aromatic carboxylic acids is 1. The van der Waals surface area contributed by atoms with E-state index >= 15 is 0 Å². The molecule has 6 rings (SSSR count). The number of pyridine rings is 2. The minimum atomic E-state index is -1.03. The SMILES string of the molecule is COC(=O)c1ccc(C)c(-c2cc3cnc(SC)nc3n(C)c2=O)c1.CSc1ncc2cc(-c3cc(C(=O)O)ccc3C)c(=O)n(C)c2n1. The van der Waals surface area contributed by atoms with Crippen LogP contribution >= 0.6 is 23.5 Å². The molecule has 14 heteroatoms. The summed E-state index contributed by atoms with van der Waals surface area (Å²) >= 11 is 2.82. The molecule has 0 atom stereocenters. The number of carboxylic acid groups (broad SMARTS) is 1. The van der Waals surface area contributed by atoms with Crippen LogP contribution in [-0.4, -0.2) is 65.7 Å². The van der Waals surface area contributed by atoms with E-state index in [0.29, 0.717) is 49.4 Å². The summed E-state index contributed by atoms with van der Waals surface area (Å²) in [5.74, 6) is -1.46. The van der Waals surface area contributed by atoms with Crippen molar-refractivity contribution >= 4 is 57.5 Å². The Hall–Kier alpha value is -5.34. The number of aromatic nitrogens is 6. The number of carbonyl (C=O) groups is 2. The monoisotopic (exact) mass is 696 g/mol. The Labute approximate surface area is 289 Å². The van der Waals surface area contributed by atoms with E-state index in [1.807, 2.05) is 26.4 Å². The molecule has 2 aromatic carbocycles. The fraction of sp³-hybridized carbons (Fsp3) is 0.200. The summed E-state index contributed by atoms with van der Waals surface area (Å²) in [6, 6.07) is 13.4. The van der Waals surface area contributed by atoms with Crippen molar-refractivity contribution < 1.29 is 19.4 Å². The standard InChI is InChI=1S/C18H17N3O3S.C17H15N3O3S/c1-10-5-6-11(17(23)24-3)7-13(10)14-8-12-9-19-18(25-4)20-15(12)21(2)16(14)22;1-9-4-5-10(16(22)23)6-12(9)13-7-11-8-18-17(24-3)19-14(11)20(2)15(13)21/h5-9H,1-4H3;4-8H,1-3H3,(H,22,23). The molecule has 0 aliphatic heterocycles. The van der Waals surface area contributed by atoms with Crippen molar-refractivity contribution in [3.05, 3.63) is 104 Å². The number of thioether (sulfide) groups is 2. The second kappa shape index (κ2) is 14.4. The molecule has 4 heterocycles. The van der Waals surface area contributed by atoms with Gasteiger partial charge < -0.3 is 9.84 Å². The van der Waals surface area contributed by atoms with Gasteiger partial charge in [0.05, 0.1) is 18.2 Å². The highest BCUT2D eigenvalue weighted by Gasteiger charge is 2.17. The fourth-order valence-corrected chi connectivity index (χ4v) is 5.92. The largest absolute Gasteiger partial charge is 0.478 e. The molecule has 49 heavy (non-hydrogen) atoms. The number of carbonyl (C=O) groups excluding carboxylic acids is 1. The van der Waals surface area contributed by atoms with E-state index in [-0.39, 0.29) is 16.7 Å². The lowest BCUT2D eigenvalue weighted by Crippen LogP contribution is -2.20. The van der Waals surface area contributed by atoms with Crippen LogP contribution in [0.5, 0.6) is 0 Å². The summed E-state index contributed by atoms with van der Waals surface area (Å²) < 4.78 is 7.75. The Bertz CT molecular complexity index is 2410. The molecule has 1 N–H and O–H groups in total. The molecule has 0 saturated heterocycles. The van der Waals surface area contributed by atoms with Gasteiger partial charge in [-0.25, -0.2) is 29.5 Å². The maximum Gasteiger partial charge on any atom is 0.337 e. The normalized spacial score (nSPS) is 10.9. The first-order chi connectivity index (χ1) is 23.4. The Morgan fingerprint density at radius 2 is 1.12 bits per heavy atom. The number of carboxylic acids is 1. The first kappa shape index (κ1) is 35.0. The Morgan fingerprint density at radius 3 is 1.53 bits per heavy atom. The average molecular weight is 697 g/mol. The third-order valence-corrected chi connectivity index (χ3v) is 9.07. The minimum absolute atomic E-state index is 0.145. The van der Waals surface area contributed by atoms with Crippen LogP contribution in [0.15, 0.2) is 80.8 Å². The quantitative estimate of drug-likeness (QED) is 0.132. The number of benzene rings is 2. The molecule has 0 aliphatic carbocycles. The van der Waals surface area contributed by atoms with Crippen LogP contribution in [0.3, 0.4) is 0 Å². The van der Waals surface area contributed by atoms with Gasteiger partial charge in [0.15, 0.2) is 10.3 Å². The highest BCUT2D eigenvalue weighted by atomic mass is 32.2.